The average Bonchev–Trinajstić information content (AvgIpc) is 2.81. The van der Waals surface area contributed by atoms with Crippen LogP contribution < -0.4 is 4.72 Å². The van der Waals surface area contributed by atoms with Crippen molar-refractivity contribution in [3.05, 3.63) is 29.8 Å². The number of sulfonamides is 1. The lowest BCUT2D eigenvalue weighted by atomic mass is 9.85. The van der Waals surface area contributed by atoms with Crippen molar-refractivity contribution < 1.29 is 18.3 Å². The Bertz CT molecular complexity index is 708. The maximum absolute atomic E-state index is 12.4. The highest BCUT2D eigenvalue weighted by Crippen LogP contribution is 2.38. The van der Waals surface area contributed by atoms with Crippen LogP contribution in [0.5, 0.6) is 0 Å². The molecule has 0 spiro atoms. The van der Waals surface area contributed by atoms with E-state index in [0.717, 1.165) is 0 Å². The molecule has 2 N–H and O–H groups in total. The molecule has 0 heterocycles. The third kappa shape index (κ3) is 2.91. The summed E-state index contributed by atoms with van der Waals surface area (Å²) in [5.41, 5.74) is -0.856. The molecule has 1 aromatic rings. The maximum Gasteiger partial charge on any atom is 0.310 e. The molecule has 2 rings (SSSR count). The van der Waals surface area contributed by atoms with Gasteiger partial charge in [-0.15, -0.1) is 0 Å². The van der Waals surface area contributed by atoms with E-state index in [4.69, 9.17) is 5.26 Å². The van der Waals surface area contributed by atoms with Crippen LogP contribution in [0.1, 0.15) is 31.7 Å². The number of nitriles is 1. The minimum absolute atomic E-state index is 0.0267. The van der Waals surface area contributed by atoms with E-state index < -0.39 is 27.4 Å². The molecular weight excluding hydrogens is 292 g/mol. The summed E-state index contributed by atoms with van der Waals surface area (Å²) in [5, 5.41) is 18.1. The Labute approximate surface area is 123 Å². The fourth-order valence-electron chi connectivity index (χ4n) is 2.60. The van der Waals surface area contributed by atoms with Crippen LogP contribution in [-0.4, -0.2) is 25.5 Å². The molecule has 0 aromatic heterocycles. The molecule has 7 heteroatoms. The van der Waals surface area contributed by atoms with Gasteiger partial charge >= 0.3 is 5.97 Å². The summed E-state index contributed by atoms with van der Waals surface area (Å²) in [7, 11) is -3.85. The highest BCUT2D eigenvalue weighted by Gasteiger charge is 2.46. The van der Waals surface area contributed by atoms with Gasteiger partial charge in [0.25, 0.3) is 0 Å². The van der Waals surface area contributed by atoms with Gasteiger partial charge in [0.1, 0.15) is 0 Å². The maximum atomic E-state index is 12.4. The van der Waals surface area contributed by atoms with Crippen LogP contribution in [0.4, 0.5) is 0 Å². The Hall–Kier alpha value is -1.91. The summed E-state index contributed by atoms with van der Waals surface area (Å²) in [4.78, 5) is 11.4. The second-order valence-corrected chi connectivity index (χ2v) is 7.14. The molecule has 1 saturated carbocycles. The van der Waals surface area contributed by atoms with E-state index in [1.807, 2.05) is 6.07 Å². The van der Waals surface area contributed by atoms with Crippen molar-refractivity contribution in [3.8, 4) is 6.07 Å². The lowest BCUT2D eigenvalue weighted by molar-refractivity contribution is -0.148. The number of carboxylic acid groups (broad SMARTS) is 1. The predicted octanol–water partition coefficient (Wildman–Crippen LogP) is 1.48. The molecule has 6 nitrogen and oxygen atoms in total. The van der Waals surface area contributed by atoms with Crippen LogP contribution in [0.15, 0.2) is 29.2 Å². The van der Waals surface area contributed by atoms with Crippen LogP contribution in [0, 0.1) is 16.7 Å². The van der Waals surface area contributed by atoms with E-state index in [1.54, 1.807) is 6.92 Å². The number of carboxylic acids is 1. The molecule has 2 unspecified atom stereocenters. The van der Waals surface area contributed by atoms with Gasteiger partial charge in [0, 0.05) is 6.04 Å². The lowest BCUT2D eigenvalue weighted by Gasteiger charge is -2.27. The van der Waals surface area contributed by atoms with E-state index in [1.165, 1.54) is 24.3 Å². The van der Waals surface area contributed by atoms with Crippen LogP contribution in [0.2, 0.25) is 0 Å². The van der Waals surface area contributed by atoms with E-state index >= 15 is 0 Å². The van der Waals surface area contributed by atoms with Crippen LogP contribution in [0.25, 0.3) is 0 Å². The van der Waals surface area contributed by atoms with Crippen molar-refractivity contribution in [1.29, 1.82) is 5.26 Å². The Kier molecular flexibility index (Phi) is 4.03. The van der Waals surface area contributed by atoms with Crippen molar-refractivity contribution in [2.24, 2.45) is 5.41 Å². The van der Waals surface area contributed by atoms with Crippen molar-refractivity contribution >= 4 is 16.0 Å². The molecular formula is C14H16N2O4S. The number of carbonyl (C=O) groups is 1. The van der Waals surface area contributed by atoms with Gasteiger partial charge in [-0.1, -0.05) is 12.5 Å². The lowest BCUT2D eigenvalue weighted by Crippen LogP contribution is -2.46. The first kappa shape index (κ1) is 15.5. The number of nitrogens with one attached hydrogen (secondary N) is 1. The van der Waals surface area contributed by atoms with E-state index in [0.29, 0.717) is 19.3 Å². The van der Waals surface area contributed by atoms with E-state index in [9.17, 15) is 18.3 Å². The molecule has 0 amide bonds. The van der Waals surface area contributed by atoms with Gasteiger partial charge in [-0.2, -0.15) is 5.26 Å². The first-order valence-electron chi connectivity index (χ1n) is 6.55. The minimum atomic E-state index is -3.85. The zero-order chi connectivity index (χ0) is 15.7. The monoisotopic (exact) mass is 308 g/mol. The second-order valence-electron chi connectivity index (χ2n) is 5.43. The molecule has 1 aromatic carbocycles. The van der Waals surface area contributed by atoms with Gasteiger partial charge in [0.15, 0.2) is 0 Å². The zero-order valence-corrected chi connectivity index (χ0v) is 12.4. The largest absolute Gasteiger partial charge is 0.481 e. The Morgan fingerprint density at radius 1 is 1.52 bits per heavy atom. The smallest absolute Gasteiger partial charge is 0.310 e. The van der Waals surface area contributed by atoms with Gasteiger partial charge in [0.2, 0.25) is 10.0 Å². The van der Waals surface area contributed by atoms with E-state index in [-0.39, 0.29) is 10.5 Å². The zero-order valence-electron chi connectivity index (χ0n) is 11.5. The number of benzene rings is 1. The minimum Gasteiger partial charge on any atom is -0.481 e. The number of aliphatic carboxylic acids is 1. The summed E-state index contributed by atoms with van der Waals surface area (Å²) in [6.07, 6.45) is 1.59. The van der Waals surface area contributed by atoms with Crippen molar-refractivity contribution in [2.45, 2.75) is 37.1 Å². The molecule has 2 atom stereocenters. The molecule has 0 aliphatic heterocycles. The average molecular weight is 308 g/mol. The quantitative estimate of drug-likeness (QED) is 0.876. The third-order valence-corrected chi connectivity index (χ3v) is 5.49. The van der Waals surface area contributed by atoms with Crippen LogP contribution >= 0.6 is 0 Å². The fourth-order valence-corrected chi connectivity index (χ4v) is 4.03. The Balaban J connectivity index is 2.29. The SMILES string of the molecule is CC1(C(=O)O)CCCC1NS(=O)(=O)c1cccc(C#N)c1. The summed E-state index contributed by atoms with van der Waals surface area (Å²) in [6.45, 7) is 1.56. The molecule has 0 saturated heterocycles. The molecule has 1 aliphatic rings. The summed E-state index contributed by atoms with van der Waals surface area (Å²) in [6, 6.07) is 6.89. The van der Waals surface area contributed by atoms with Gasteiger partial charge in [-0.05, 0) is 38.0 Å². The molecule has 21 heavy (non-hydrogen) atoms. The second kappa shape index (κ2) is 5.47. The standard InChI is InChI=1S/C14H16N2O4S/c1-14(13(17)18)7-3-6-12(14)16-21(19,20)11-5-2-4-10(8-11)9-15/h2,4-5,8,12,16H,3,6-7H2,1H3,(H,17,18). The summed E-state index contributed by atoms with van der Waals surface area (Å²) < 4.78 is 27.2. The number of hydrogen-bond donors (Lipinski definition) is 2. The predicted molar refractivity (Wildman–Crippen MR) is 74.9 cm³/mol. The topological polar surface area (TPSA) is 107 Å². The first-order chi connectivity index (χ1) is 9.79. The number of nitrogens with zero attached hydrogens (tertiary/aromatic N) is 1. The third-order valence-electron chi connectivity index (χ3n) is 4.02. The highest BCUT2D eigenvalue weighted by atomic mass is 32.2. The van der Waals surface area contributed by atoms with Gasteiger partial charge in [-0.25, -0.2) is 13.1 Å². The first-order valence-corrected chi connectivity index (χ1v) is 8.04. The summed E-state index contributed by atoms with van der Waals surface area (Å²) >= 11 is 0. The fraction of sp³-hybridized carbons (Fsp3) is 0.429. The van der Waals surface area contributed by atoms with E-state index in [2.05, 4.69) is 4.72 Å². The highest BCUT2D eigenvalue weighted by molar-refractivity contribution is 7.89. The molecule has 112 valence electrons. The molecule has 0 radical (unpaired) electrons. The summed E-state index contributed by atoms with van der Waals surface area (Å²) in [5.74, 6) is -1.00. The van der Waals surface area contributed by atoms with Crippen molar-refractivity contribution in [3.63, 3.8) is 0 Å². The molecule has 0 bridgehead atoms. The van der Waals surface area contributed by atoms with Gasteiger partial charge < -0.3 is 5.11 Å². The van der Waals surface area contributed by atoms with Gasteiger partial charge in [-0.3, -0.25) is 4.79 Å². The molecule has 1 fully saturated rings. The Morgan fingerprint density at radius 2 is 2.24 bits per heavy atom. The van der Waals surface area contributed by atoms with Crippen LogP contribution in [-0.2, 0) is 14.8 Å². The molecule has 1 aliphatic carbocycles. The van der Waals surface area contributed by atoms with Gasteiger partial charge in [0.05, 0.1) is 21.9 Å². The Morgan fingerprint density at radius 3 is 2.86 bits per heavy atom. The van der Waals surface area contributed by atoms with Crippen molar-refractivity contribution in [1.82, 2.24) is 4.72 Å². The van der Waals surface area contributed by atoms with Crippen LogP contribution in [0.3, 0.4) is 0 Å². The number of hydrogen-bond acceptors (Lipinski definition) is 4. The number of rotatable bonds is 4. The normalized spacial score (nSPS) is 25.4. The van der Waals surface area contributed by atoms with Crippen molar-refractivity contribution in [2.75, 3.05) is 0 Å².